The van der Waals surface area contributed by atoms with Crippen molar-refractivity contribution in [3.8, 4) is 0 Å². The predicted octanol–water partition coefficient (Wildman–Crippen LogP) is 1.17. The third kappa shape index (κ3) is 2.81. The predicted molar refractivity (Wildman–Crippen MR) is 80.3 cm³/mol. The van der Waals surface area contributed by atoms with Crippen LogP contribution in [0.3, 0.4) is 0 Å². The largest absolute Gasteiger partial charge is 0.409 e. The summed E-state index contributed by atoms with van der Waals surface area (Å²) in [5.41, 5.74) is 6.78. The van der Waals surface area contributed by atoms with E-state index < -0.39 is 0 Å². The number of rotatable bonds is 4. The summed E-state index contributed by atoms with van der Waals surface area (Å²) in [6, 6.07) is 7.43. The van der Waals surface area contributed by atoms with Crippen LogP contribution in [0.1, 0.15) is 24.3 Å². The lowest BCUT2D eigenvalue weighted by Crippen LogP contribution is -2.43. The summed E-state index contributed by atoms with van der Waals surface area (Å²) in [6.45, 7) is 3.79. The van der Waals surface area contributed by atoms with E-state index in [0.29, 0.717) is 5.69 Å². The van der Waals surface area contributed by atoms with Crippen molar-refractivity contribution in [2.45, 2.75) is 19.9 Å². The lowest BCUT2D eigenvalue weighted by molar-refractivity contribution is 0.0729. The van der Waals surface area contributed by atoms with Crippen molar-refractivity contribution in [3.05, 3.63) is 30.0 Å². The molecule has 0 saturated heterocycles. The Kier molecular flexibility index (Phi) is 4.11. The Balaban J connectivity index is 2.44. The molecule has 21 heavy (non-hydrogen) atoms. The Morgan fingerprint density at radius 3 is 2.76 bits per heavy atom. The maximum absolute atomic E-state index is 12.7. The van der Waals surface area contributed by atoms with Crippen LogP contribution in [0.15, 0.2) is 29.4 Å². The van der Waals surface area contributed by atoms with Gasteiger partial charge in [0.1, 0.15) is 0 Å². The summed E-state index contributed by atoms with van der Waals surface area (Å²) in [6.07, 6.45) is 0. The minimum Gasteiger partial charge on any atom is -0.409 e. The summed E-state index contributed by atoms with van der Waals surface area (Å²) < 4.78 is 1.67. The minimum atomic E-state index is -0.242. The number of aromatic nitrogens is 2. The van der Waals surface area contributed by atoms with Gasteiger partial charge < -0.3 is 15.8 Å². The number of oxime groups is 1. The molecule has 0 spiro atoms. The first-order chi connectivity index (χ1) is 9.95. The number of fused-ring (bicyclic) bond motifs is 1. The van der Waals surface area contributed by atoms with Crippen LogP contribution in [0.2, 0.25) is 0 Å². The van der Waals surface area contributed by atoms with Crippen molar-refractivity contribution in [1.29, 1.82) is 0 Å². The fourth-order valence-corrected chi connectivity index (χ4v) is 2.20. The van der Waals surface area contributed by atoms with Gasteiger partial charge in [-0.15, -0.1) is 0 Å². The number of amides is 1. The van der Waals surface area contributed by atoms with Crippen LogP contribution >= 0.6 is 0 Å². The number of para-hydroxylation sites is 1. The Labute approximate surface area is 122 Å². The molecule has 2 aromatic rings. The van der Waals surface area contributed by atoms with Crippen molar-refractivity contribution >= 4 is 22.6 Å². The van der Waals surface area contributed by atoms with E-state index in [2.05, 4.69) is 10.3 Å². The molecule has 2 rings (SSSR count). The molecule has 0 aliphatic carbocycles. The number of aryl methyl sites for hydroxylation is 1. The molecule has 0 saturated carbocycles. The molecule has 7 nitrogen and oxygen atoms in total. The van der Waals surface area contributed by atoms with Crippen LogP contribution in [0.4, 0.5) is 0 Å². The van der Waals surface area contributed by atoms with Gasteiger partial charge >= 0.3 is 0 Å². The van der Waals surface area contributed by atoms with Gasteiger partial charge in [0, 0.05) is 18.5 Å². The molecule has 0 aliphatic heterocycles. The topological polar surface area (TPSA) is 96.7 Å². The lowest BCUT2D eigenvalue weighted by Gasteiger charge is -2.25. The van der Waals surface area contributed by atoms with E-state index in [4.69, 9.17) is 10.9 Å². The molecule has 0 unspecified atom stereocenters. The first-order valence-corrected chi connectivity index (χ1v) is 6.64. The van der Waals surface area contributed by atoms with E-state index in [1.807, 2.05) is 38.1 Å². The SMILES string of the molecule is CC(C)N(C/C(N)=N/O)C(=O)c1nn(C)c2ccccc12. The van der Waals surface area contributed by atoms with E-state index in [1.165, 1.54) is 4.90 Å². The Hall–Kier alpha value is -2.57. The zero-order valence-electron chi connectivity index (χ0n) is 12.3. The smallest absolute Gasteiger partial charge is 0.275 e. The number of carbonyl (C=O) groups excluding carboxylic acids is 1. The molecule has 0 radical (unpaired) electrons. The molecule has 0 bridgehead atoms. The monoisotopic (exact) mass is 289 g/mol. The number of amidine groups is 1. The molecule has 112 valence electrons. The fraction of sp³-hybridized carbons (Fsp3) is 0.357. The van der Waals surface area contributed by atoms with Crippen LogP contribution < -0.4 is 5.73 Å². The Bertz CT molecular complexity index is 690. The number of carbonyl (C=O) groups is 1. The number of hydrogen-bond donors (Lipinski definition) is 2. The summed E-state index contributed by atoms with van der Waals surface area (Å²) in [5, 5.41) is 16.7. The zero-order valence-corrected chi connectivity index (χ0v) is 12.3. The van der Waals surface area contributed by atoms with Crippen molar-refractivity contribution in [2.24, 2.45) is 17.9 Å². The molecule has 1 aromatic heterocycles. The second-order valence-corrected chi connectivity index (χ2v) is 5.11. The average Bonchev–Trinajstić information content (AvgIpc) is 2.81. The van der Waals surface area contributed by atoms with Gasteiger partial charge in [-0.2, -0.15) is 5.10 Å². The van der Waals surface area contributed by atoms with E-state index in [0.717, 1.165) is 10.9 Å². The first kappa shape index (κ1) is 14.8. The van der Waals surface area contributed by atoms with Gasteiger partial charge in [0.15, 0.2) is 11.5 Å². The molecule has 1 heterocycles. The van der Waals surface area contributed by atoms with Crippen molar-refractivity contribution in [2.75, 3.05) is 6.54 Å². The van der Waals surface area contributed by atoms with Crippen molar-refractivity contribution < 1.29 is 10.0 Å². The molecule has 1 aromatic carbocycles. The fourth-order valence-electron chi connectivity index (χ4n) is 2.20. The van der Waals surface area contributed by atoms with Gasteiger partial charge in [-0.3, -0.25) is 9.48 Å². The normalized spacial score (nSPS) is 12.1. The highest BCUT2D eigenvalue weighted by Crippen LogP contribution is 2.19. The molecule has 7 heteroatoms. The van der Waals surface area contributed by atoms with E-state index in [-0.39, 0.29) is 24.3 Å². The quantitative estimate of drug-likeness (QED) is 0.382. The standard InChI is InChI=1S/C14H19N5O2/c1-9(2)19(8-12(15)17-21)14(20)13-10-6-4-5-7-11(10)18(3)16-13/h4-7,9,21H,8H2,1-3H3,(H2,15,17). The van der Waals surface area contributed by atoms with Gasteiger partial charge in [-0.05, 0) is 19.9 Å². The third-order valence-corrected chi connectivity index (χ3v) is 3.31. The number of nitrogens with zero attached hydrogens (tertiary/aromatic N) is 4. The van der Waals surface area contributed by atoms with Crippen molar-refractivity contribution in [3.63, 3.8) is 0 Å². The van der Waals surface area contributed by atoms with Gasteiger partial charge in [-0.25, -0.2) is 0 Å². The number of hydrogen-bond acceptors (Lipinski definition) is 4. The van der Waals surface area contributed by atoms with Crippen LogP contribution in [0.5, 0.6) is 0 Å². The van der Waals surface area contributed by atoms with Crippen LogP contribution in [-0.2, 0) is 7.05 Å². The first-order valence-electron chi connectivity index (χ1n) is 6.64. The highest BCUT2D eigenvalue weighted by molar-refractivity contribution is 6.06. The number of nitrogens with two attached hydrogens (primary N) is 1. The number of benzene rings is 1. The van der Waals surface area contributed by atoms with Gasteiger partial charge in [0.05, 0.1) is 12.1 Å². The summed E-state index contributed by atoms with van der Waals surface area (Å²) >= 11 is 0. The van der Waals surface area contributed by atoms with Gasteiger partial charge in [0.25, 0.3) is 5.91 Å². The zero-order chi connectivity index (χ0) is 15.6. The van der Waals surface area contributed by atoms with Gasteiger partial charge in [-0.1, -0.05) is 23.4 Å². The van der Waals surface area contributed by atoms with Crippen LogP contribution in [0.25, 0.3) is 10.9 Å². The molecular formula is C14H19N5O2. The highest BCUT2D eigenvalue weighted by atomic mass is 16.4. The molecular weight excluding hydrogens is 270 g/mol. The molecule has 0 fully saturated rings. The maximum Gasteiger partial charge on any atom is 0.275 e. The Morgan fingerprint density at radius 1 is 1.48 bits per heavy atom. The second-order valence-electron chi connectivity index (χ2n) is 5.11. The van der Waals surface area contributed by atoms with Crippen LogP contribution in [0, 0.1) is 0 Å². The Morgan fingerprint density at radius 2 is 2.14 bits per heavy atom. The maximum atomic E-state index is 12.7. The second kappa shape index (κ2) is 5.82. The third-order valence-electron chi connectivity index (χ3n) is 3.31. The highest BCUT2D eigenvalue weighted by Gasteiger charge is 2.24. The average molecular weight is 289 g/mol. The molecule has 0 atom stereocenters. The molecule has 1 amide bonds. The minimum absolute atomic E-state index is 0.0164. The summed E-state index contributed by atoms with van der Waals surface area (Å²) in [4.78, 5) is 14.2. The van der Waals surface area contributed by atoms with Crippen molar-refractivity contribution in [1.82, 2.24) is 14.7 Å². The van der Waals surface area contributed by atoms with Gasteiger partial charge in [0.2, 0.25) is 0 Å². The van der Waals surface area contributed by atoms with Crippen LogP contribution in [-0.4, -0.2) is 44.2 Å². The molecule has 3 N–H and O–H groups in total. The summed E-state index contributed by atoms with van der Waals surface area (Å²) in [7, 11) is 1.79. The van der Waals surface area contributed by atoms with E-state index in [1.54, 1.807) is 11.7 Å². The summed E-state index contributed by atoms with van der Waals surface area (Å²) in [5.74, 6) is -0.259. The van der Waals surface area contributed by atoms with E-state index in [9.17, 15) is 4.79 Å². The molecule has 0 aliphatic rings. The van der Waals surface area contributed by atoms with E-state index >= 15 is 0 Å². The lowest BCUT2D eigenvalue weighted by atomic mass is 10.1.